The van der Waals surface area contributed by atoms with Crippen molar-refractivity contribution in [2.75, 3.05) is 0 Å². The number of nitrogens with zero attached hydrogens (tertiary/aromatic N) is 5. The molecule has 0 saturated carbocycles. The van der Waals surface area contributed by atoms with E-state index >= 15 is 0 Å². The first-order valence-electron chi connectivity index (χ1n) is 20.3. The van der Waals surface area contributed by atoms with Crippen LogP contribution in [0.4, 0.5) is 0 Å². The molecule has 12 rings (SSSR count). The zero-order chi connectivity index (χ0) is 39.6. The van der Waals surface area contributed by atoms with Gasteiger partial charge in [0.25, 0.3) is 0 Å². The van der Waals surface area contributed by atoms with Gasteiger partial charge in [0.1, 0.15) is 0 Å². The lowest BCUT2D eigenvalue weighted by atomic mass is 10.0. The summed E-state index contributed by atoms with van der Waals surface area (Å²) < 4.78 is 4.83. The molecule has 0 aliphatic carbocycles. The third-order valence-corrected chi connectivity index (χ3v) is 11.7. The molecule has 280 valence electrons. The normalized spacial score (nSPS) is 11.7. The molecule has 3 aromatic heterocycles. The van der Waals surface area contributed by atoms with Crippen LogP contribution in [0.3, 0.4) is 0 Å². The van der Waals surface area contributed by atoms with Gasteiger partial charge >= 0.3 is 0 Å². The lowest BCUT2D eigenvalue weighted by Gasteiger charge is -2.15. The smallest absolute Gasteiger partial charge is 0.164 e. The molecule has 9 aromatic carbocycles. The minimum Gasteiger partial charge on any atom is -0.309 e. The van der Waals surface area contributed by atoms with Crippen LogP contribution >= 0.6 is 0 Å². The first-order chi connectivity index (χ1) is 29.7. The maximum Gasteiger partial charge on any atom is 0.164 e. The number of benzene rings is 9. The predicted octanol–water partition coefficient (Wildman–Crippen LogP) is 13.9. The van der Waals surface area contributed by atoms with Crippen molar-refractivity contribution in [3.63, 3.8) is 0 Å². The third-order valence-electron chi connectivity index (χ3n) is 11.7. The zero-order valence-corrected chi connectivity index (χ0v) is 32.4. The highest BCUT2D eigenvalue weighted by Gasteiger charge is 2.21. The monoisotopic (exact) mass is 765 g/mol. The fourth-order valence-electron chi connectivity index (χ4n) is 8.94. The quantitative estimate of drug-likeness (QED) is 0.169. The molecule has 0 spiro atoms. The Kier molecular flexibility index (Phi) is 7.78. The topological polar surface area (TPSA) is 48.5 Å². The molecule has 0 fully saturated rings. The zero-order valence-electron chi connectivity index (χ0n) is 32.4. The average Bonchev–Trinajstić information content (AvgIpc) is 3.83. The van der Waals surface area contributed by atoms with Crippen LogP contribution in [0.1, 0.15) is 0 Å². The van der Waals surface area contributed by atoms with Crippen molar-refractivity contribution < 1.29 is 0 Å². The maximum absolute atomic E-state index is 5.23. The molecule has 0 aliphatic rings. The van der Waals surface area contributed by atoms with E-state index in [0.717, 1.165) is 61.0 Å². The molecular formula is C55H35N5. The van der Waals surface area contributed by atoms with E-state index in [4.69, 9.17) is 15.0 Å². The van der Waals surface area contributed by atoms with Crippen LogP contribution in [0.5, 0.6) is 0 Å². The van der Waals surface area contributed by atoms with Crippen LogP contribution in [0.25, 0.3) is 111 Å². The summed E-state index contributed by atoms with van der Waals surface area (Å²) in [4.78, 5) is 15.5. The lowest BCUT2D eigenvalue weighted by molar-refractivity contribution is 1.07. The Morgan fingerprint density at radius 2 is 0.717 bits per heavy atom. The minimum atomic E-state index is 0.616. The second-order valence-corrected chi connectivity index (χ2v) is 15.3. The van der Waals surface area contributed by atoms with Crippen molar-refractivity contribution in [3.05, 3.63) is 212 Å². The Labute approximate surface area is 346 Å². The van der Waals surface area contributed by atoms with E-state index in [0.29, 0.717) is 17.5 Å². The summed E-state index contributed by atoms with van der Waals surface area (Å²) in [7, 11) is 0. The fraction of sp³-hybridized carbons (Fsp3) is 0. The van der Waals surface area contributed by atoms with Crippen LogP contribution in [0.15, 0.2) is 212 Å². The SMILES string of the molecule is c1ccc(-c2ccc(-c3nc(-c4ccccc4)nc(-c4cc(-n5c6ccccc6c6cc7c8ccccc8n(-c8ccccc8)c7cc65)c5ccccc5c4)n3)cc2)cc1. The molecule has 0 aliphatic heterocycles. The molecule has 5 nitrogen and oxygen atoms in total. The molecule has 0 atom stereocenters. The van der Waals surface area contributed by atoms with Gasteiger partial charge in [-0.15, -0.1) is 0 Å². The molecule has 0 N–H and O–H groups in total. The van der Waals surface area contributed by atoms with Crippen LogP contribution in [0, 0.1) is 0 Å². The molecular weight excluding hydrogens is 731 g/mol. The highest BCUT2D eigenvalue weighted by atomic mass is 15.0. The predicted molar refractivity (Wildman–Crippen MR) is 248 cm³/mol. The number of fused-ring (bicyclic) bond motifs is 7. The Bertz CT molecular complexity index is 3570. The number of para-hydroxylation sites is 3. The Hall–Kier alpha value is -8.15. The fourth-order valence-corrected chi connectivity index (χ4v) is 8.94. The highest BCUT2D eigenvalue weighted by molar-refractivity contribution is 6.19. The average molecular weight is 766 g/mol. The van der Waals surface area contributed by atoms with Crippen LogP contribution < -0.4 is 0 Å². The Balaban J connectivity index is 1.11. The molecule has 0 unspecified atom stereocenters. The van der Waals surface area contributed by atoms with Crippen LogP contribution in [0.2, 0.25) is 0 Å². The summed E-state index contributed by atoms with van der Waals surface area (Å²) >= 11 is 0. The van der Waals surface area contributed by atoms with Gasteiger partial charge in [-0.3, -0.25) is 0 Å². The van der Waals surface area contributed by atoms with Crippen LogP contribution in [-0.4, -0.2) is 24.1 Å². The summed E-state index contributed by atoms with van der Waals surface area (Å²) in [6.07, 6.45) is 0. The summed E-state index contributed by atoms with van der Waals surface area (Å²) in [6.45, 7) is 0. The summed E-state index contributed by atoms with van der Waals surface area (Å²) in [6, 6.07) is 75.1. The number of rotatable bonds is 6. The first-order valence-corrected chi connectivity index (χ1v) is 20.3. The van der Waals surface area contributed by atoms with Gasteiger partial charge in [-0.25, -0.2) is 15.0 Å². The van der Waals surface area contributed by atoms with Crippen molar-refractivity contribution in [2.24, 2.45) is 0 Å². The van der Waals surface area contributed by atoms with Gasteiger partial charge in [-0.1, -0.05) is 164 Å². The Morgan fingerprint density at radius 3 is 1.37 bits per heavy atom. The maximum atomic E-state index is 5.23. The summed E-state index contributed by atoms with van der Waals surface area (Å²) in [5, 5.41) is 7.11. The van der Waals surface area contributed by atoms with Crippen molar-refractivity contribution in [1.29, 1.82) is 0 Å². The molecule has 5 heteroatoms. The molecule has 0 saturated heterocycles. The van der Waals surface area contributed by atoms with Gasteiger partial charge < -0.3 is 9.13 Å². The molecule has 0 amide bonds. The van der Waals surface area contributed by atoms with Gasteiger partial charge in [-0.2, -0.15) is 0 Å². The highest BCUT2D eigenvalue weighted by Crippen LogP contribution is 2.41. The van der Waals surface area contributed by atoms with Crippen molar-refractivity contribution in [1.82, 2.24) is 24.1 Å². The molecule has 60 heavy (non-hydrogen) atoms. The van der Waals surface area contributed by atoms with E-state index in [1.807, 2.05) is 24.3 Å². The van der Waals surface area contributed by atoms with Gasteiger partial charge in [0.2, 0.25) is 0 Å². The van der Waals surface area contributed by atoms with E-state index in [2.05, 4.69) is 197 Å². The van der Waals surface area contributed by atoms with Crippen LogP contribution in [-0.2, 0) is 0 Å². The van der Waals surface area contributed by atoms with E-state index in [1.165, 1.54) is 32.6 Å². The Morgan fingerprint density at radius 1 is 0.267 bits per heavy atom. The van der Waals surface area contributed by atoms with Crippen molar-refractivity contribution in [3.8, 4) is 56.7 Å². The van der Waals surface area contributed by atoms with Gasteiger partial charge in [0.15, 0.2) is 17.5 Å². The molecule has 12 aromatic rings. The number of hydrogen-bond acceptors (Lipinski definition) is 3. The molecule has 3 heterocycles. The second-order valence-electron chi connectivity index (χ2n) is 15.3. The molecule has 0 radical (unpaired) electrons. The van der Waals surface area contributed by atoms with E-state index < -0.39 is 0 Å². The first kappa shape index (κ1) is 33.9. The van der Waals surface area contributed by atoms with Crippen molar-refractivity contribution in [2.45, 2.75) is 0 Å². The minimum absolute atomic E-state index is 0.616. The lowest BCUT2D eigenvalue weighted by Crippen LogP contribution is -2.02. The van der Waals surface area contributed by atoms with Gasteiger partial charge in [-0.05, 0) is 65.0 Å². The third kappa shape index (κ3) is 5.52. The van der Waals surface area contributed by atoms with E-state index in [9.17, 15) is 0 Å². The summed E-state index contributed by atoms with van der Waals surface area (Å²) in [5.41, 5.74) is 11.9. The summed E-state index contributed by atoms with van der Waals surface area (Å²) in [5.74, 6) is 1.87. The van der Waals surface area contributed by atoms with Crippen molar-refractivity contribution >= 4 is 54.4 Å². The number of hydrogen-bond donors (Lipinski definition) is 0. The molecule has 0 bridgehead atoms. The number of aromatic nitrogens is 5. The standard InChI is InChI=1S/C55H35N5/c1-4-16-36(17-5-1)37-28-30-39(31-29-37)54-56-53(38-18-6-2-7-19-38)57-55(58-54)41-32-40-20-10-11-23-43(40)50(33-41)60-49-27-15-13-25-45(49)47-34-46-44-24-12-14-26-48(44)59(51(46)35-52(47)60)42-21-8-3-9-22-42/h1-35H. The van der Waals surface area contributed by atoms with E-state index in [-0.39, 0.29) is 0 Å². The van der Waals surface area contributed by atoms with Gasteiger partial charge in [0.05, 0.1) is 27.8 Å². The second kappa shape index (κ2) is 13.8. The van der Waals surface area contributed by atoms with E-state index in [1.54, 1.807) is 0 Å². The van der Waals surface area contributed by atoms with Gasteiger partial charge in [0, 0.05) is 49.3 Å². The largest absolute Gasteiger partial charge is 0.309 e.